The van der Waals surface area contributed by atoms with E-state index in [0.29, 0.717) is 19.1 Å². The number of hydrogen-bond acceptors (Lipinski definition) is 4. The van der Waals surface area contributed by atoms with E-state index in [2.05, 4.69) is 4.98 Å². The highest BCUT2D eigenvalue weighted by atomic mass is 16.5. The maximum absolute atomic E-state index is 5.86. The van der Waals surface area contributed by atoms with Crippen molar-refractivity contribution in [3.8, 4) is 11.6 Å². The van der Waals surface area contributed by atoms with E-state index in [1.54, 1.807) is 6.20 Å². The number of hydrogen-bond donors (Lipinski definition) is 1. The van der Waals surface area contributed by atoms with E-state index in [0.717, 1.165) is 11.3 Å². The fraction of sp³-hybridized carbons (Fsp3) is 0.267. The van der Waals surface area contributed by atoms with Gasteiger partial charge in [-0.3, -0.25) is 0 Å². The first kappa shape index (κ1) is 13.4. The van der Waals surface area contributed by atoms with Gasteiger partial charge in [0.1, 0.15) is 19.0 Å². The Bertz CT molecular complexity index is 501. The summed E-state index contributed by atoms with van der Waals surface area (Å²) in [4.78, 5) is 4.19. The van der Waals surface area contributed by atoms with Gasteiger partial charge in [0.05, 0.1) is 0 Å². The van der Waals surface area contributed by atoms with Gasteiger partial charge >= 0.3 is 0 Å². The normalized spacial score (nSPS) is 11.9. The monoisotopic (exact) mass is 258 g/mol. The molecular weight excluding hydrogens is 240 g/mol. The minimum Gasteiger partial charge on any atom is -0.490 e. The van der Waals surface area contributed by atoms with Crippen LogP contribution < -0.4 is 15.2 Å². The molecule has 1 aromatic carbocycles. The lowest BCUT2D eigenvalue weighted by Crippen LogP contribution is -2.13. The molecule has 0 amide bonds. The smallest absolute Gasteiger partial charge is 0.218 e. The molecule has 4 heteroatoms. The zero-order valence-electron chi connectivity index (χ0n) is 11.0. The molecule has 1 heterocycles. The lowest BCUT2D eigenvalue weighted by Gasteiger charge is -2.12. The molecule has 19 heavy (non-hydrogen) atoms. The molecule has 2 aromatic rings. The van der Waals surface area contributed by atoms with Crippen molar-refractivity contribution in [3.63, 3.8) is 0 Å². The second-order valence-corrected chi connectivity index (χ2v) is 4.20. The van der Waals surface area contributed by atoms with Crippen LogP contribution in [0.1, 0.15) is 18.5 Å². The number of para-hydroxylation sites is 1. The molecule has 0 spiro atoms. The van der Waals surface area contributed by atoms with Gasteiger partial charge in [-0.15, -0.1) is 0 Å². The Labute approximate surface area is 113 Å². The molecule has 1 unspecified atom stereocenters. The highest BCUT2D eigenvalue weighted by molar-refractivity contribution is 5.28. The average molecular weight is 258 g/mol. The van der Waals surface area contributed by atoms with E-state index in [1.165, 1.54) is 0 Å². The van der Waals surface area contributed by atoms with Gasteiger partial charge < -0.3 is 15.2 Å². The van der Waals surface area contributed by atoms with Gasteiger partial charge in [-0.2, -0.15) is 0 Å². The number of nitrogens with two attached hydrogens (primary N) is 1. The second kappa shape index (κ2) is 6.75. The van der Waals surface area contributed by atoms with Gasteiger partial charge in [0.2, 0.25) is 5.88 Å². The second-order valence-electron chi connectivity index (χ2n) is 4.20. The predicted octanol–water partition coefficient (Wildman–Crippen LogP) is 2.56. The Hall–Kier alpha value is -2.07. The maximum Gasteiger partial charge on any atom is 0.218 e. The summed E-state index contributed by atoms with van der Waals surface area (Å²) in [6.07, 6.45) is 1.69. The highest BCUT2D eigenvalue weighted by Crippen LogP contribution is 2.20. The number of ether oxygens (including phenoxy) is 2. The van der Waals surface area contributed by atoms with Crippen molar-refractivity contribution < 1.29 is 9.47 Å². The van der Waals surface area contributed by atoms with E-state index in [-0.39, 0.29) is 6.04 Å². The highest BCUT2D eigenvalue weighted by Gasteiger charge is 2.08. The zero-order valence-corrected chi connectivity index (χ0v) is 11.0. The molecule has 0 aliphatic heterocycles. The van der Waals surface area contributed by atoms with E-state index < -0.39 is 0 Å². The number of rotatable bonds is 6. The molecule has 0 aliphatic rings. The van der Waals surface area contributed by atoms with Gasteiger partial charge in [-0.05, 0) is 25.1 Å². The molecule has 4 nitrogen and oxygen atoms in total. The number of pyridine rings is 1. The topological polar surface area (TPSA) is 57.4 Å². The van der Waals surface area contributed by atoms with Crippen molar-refractivity contribution in [2.75, 3.05) is 13.2 Å². The fourth-order valence-corrected chi connectivity index (χ4v) is 1.68. The van der Waals surface area contributed by atoms with Crippen LogP contribution in [0.15, 0.2) is 48.7 Å². The van der Waals surface area contributed by atoms with Crippen LogP contribution in [0.25, 0.3) is 0 Å². The SMILES string of the molecule is CC(N)c1cccnc1OCCOc1ccccc1. The van der Waals surface area contributed by atoms with E-state index in [1.807, 2.05) is 49.4 Å². The Morgan fingerprint density at radius 3 is 2.53 bits per heavy atom. The minimum absolute atomic E-state index is 0.0984. The van der Waals surface area contributed by atoms with Crippen molar-refractivity contribution in [1.82, 2.24) is 4.98 Å². The van der Waals surface area contributed by atoms with Crippen molar-refractivity contribution >= 4 is 0 Å². The summed E-state index contributed by atoms with van der Waals surface area (Å²) >= 11 is 0. The van der Waals surface area contributed by atoms with Crippen LogP contribution in [0.4, 0.5) is 0 Å². The zero-order chi connectivity index (χ0) is 13.5. The number of benzene rings is 1. The van der Waals surface area contributed by atoms with Crippen LogP contribution >= 0.6 is 0 Å². The summed E-state index contributed by atoms with van der Waals surface area (Å²) in [7, 11) is 0. The van der Waals surface area contributed by atoms with Gasteiger partial charge in [-0.25, -0.2) is 4.98 Å². The molecule has 1 aromatic heterocycles. The summed E-state index contributed by atoms with van der Waals surface area (Å²) in [5, 5.41) is 0. The molecule has 0 bridgehead atoms. The van der Waals surface area contributed by atoms with E-state index >= 15 is 0 Å². The summed E-state index contributed by atoms with van der Waals surface area (Å²) in [6, 6.07) is 13.3. The fourth-order valence-electron chi connectivity index (χ4n) is 1.68. The first-order valence-corrected chi connectivity index (χ1v) is 6.28. The quantitative estimate of drug-likeness (QED) is 0.809. The first-order valence-electron chi connectivity index (χ1n) is 6.28. The molecule has 0 saturated heterocycles. The van der Waals surface area contributed by atoms with Gasteiger partial charge in [-0.1, -0.05) is 24.3 Å². The number of aromatic nitrogens is 1. The van der Waals surface area contributed by atoms with Crippen LogP contribution in [-0.4, -0.2) is 18.2 Å². The summed E-state index contributed by atoms with van der Waals surface area (Å²) in [6.45, 7) is 2.81. The lowest BCUT2D eigenvalue weighted by molar-refractivity contribution is 0.210. The lowest BCUT2D eigenvalue weighted by atomic mass is 10.1. The molecular formula is C15H18N2O2. The third-order valence-electron chi connectivity index (χ3n) is 2.63. The molecule has 100 valence electrons. The van der Waals surface area contributed by atoms with Crippen LogP contribution in [0.2, 0.25) is 0 Å². The molecule has 0 radical (unpaired) electrons. The molecule has 0 saturated carbocycles. The van der Waals surface area contributed by atoms with Crippen molar-refractivity contribution in [3.05, 3.63) is 54.2 Å². The van der Waals surface area contributed by atoms with Crippen LogP contribution in [0.5, 0.6) is 11.6 Å². The molecule has 0 fully saturated rings. The summed E-state index contributed by atoms with van der Waals surface area (Å²) < 4.78 is 11.1. The first-order chi connectivity index (χ1) is 9.27. The summed E-state index contributed by atoms with van der Waals surface area (Å²) in [5.41, 5.74) is 6.76. The Morgan fingerprint density at radius 1 is 1.05 bits per heavy atom. The Morgan fingerprint density at radius 2 is 1.79 bits per heavy atom. The Kier molecular flexibility index (Phi) is 4.75. The summed E-state index contributed by atoms with van der Waals surface area (Å²) in [5.74, 6) is 1.41. The van der Waals surface area contributed by atoms with Gasteiger partial charge in [0.15, 0.2) is 0 Å². The number of nitrogens with zero attached hydrogens (tertiary/aromatic N) is 1. The average Bonchev–Trinajstić information content (AvgIpc) is 2.45. The molecule has 0 aliphatic carbocycles. The van der Waals surface area contributed by atoms with Gasteiger partial charge in [0, 0.05) is 17.8 Å². The van der Waals surface area contributed by atoms with Crippen LogP contribution in [-0.2, 0) is 0 Å². The minimum atomic E-state index is -0.0984. The predicted molar refractivity (Wildman–Crippen MR) is 74.3 cm³/mol. The van der Waals surface area contributed by atoms with Crippen molar-refractivity contribution in [2.24, 2.45) is 5.73 Å². The van der Waals surface area contributed by atoms with Crippen LogP contribution in [0, 0.1) is 0 Å². The van der Waals surface area contributed by atoms with Gasteiger partial charge in [0.25, 0.3) is 0 Å². The molecule has 2 rings (SSSR count). The van der Waals surface area contributed by atoms with E-state index in [9.17, 15) is 0 Å². The van der Waals surface area contributed by atoms with Crippen LogP contribution in [0.3, 0.4) is 0 Å². The van der Waals surface area contributed by atoms with E-state index in [4.69, 9.17) is 15.2 Å². The maximum atomic E-state index is 5.86. The third kappa shape index (κ3) is 3.96. The van der Waals surface area contributed by atoms with Crippen molar-refractivity contribution in [1.29, 1.82) is 0 Å². The molecule has 2 N–H and O–H groups in total. The standard InChI is InChI=1S/C15H18N2O2/c1-12(16)14-8-5-9-17-15(14)19-11-10-18-13-6-3-2-4-7-13/h2-9,12H,10-11,16H2,1H3. The third-order valence-corrected chi connectivity index (χ3v) is 2.63. The van der Waals surface area contributed by atoms with Crippen molar-refractivity contribution in [2.45, 2.75) is 13.0 Å². The molecule has 1 atom stereocenters. The largest absolute Gasteiger partial charge is 0.490 e. The Balaban J connectivity index is 1.83.